The molecule has 1 N–H and O–H groups in total. The minimum atomic E-state index is 0.234. The Morgan fingerprint density at radius 1 is 1.19 bits per heavy atom. The number of likely N-dealkylation sites (tertiary alicyclic amines) is 1. The second-order valence-corrected chi connectivity index (χ2v) is 7.45. The van der Waals surface area contributed by atoms with E-state index in [2.05, 4.69) is 42.8 Å². The molecule has 0 spiro atoms. The number of hydrogen-bond donors (Lipinski definition) is 1. The monoisotopic (exact) mass is 366 g/mol. The predicted molar refractivity (Wildman–Crippen MR) is 102 cm³/mol. The van der Waals surface area contributed by atoms with Gasteiger partial charge in [-0.1, -0.05) is 0 Å². The average Bonchev–Trinajstić information content (AvgIpc) is 3.46. The third kappa shape index (κ3) is 3.33. The summed E-state index contributed by atoms with van der Waals surface area (Å²) in [4.78, 5) is 7.15. The number of imidazole rings is 1. The number of hydrogen-bond acceptors (Lipinski definition) is 5. The van der Waals surface area contributed by atoms with E-state index in [1.165, 1.54) is 18.5 Å². The predicted octanol–water partition coefficient (Wildman–Crippen LogP) is 2.67. The molecular weight excluding hydrogens is 340 g/mol. The normalized spacial score (nSPS) is 19.1. The number of aromatic nitrogens is 4. The van der Waals surface area contributed by atoms with Crippen molar-refractivity contribution in [2.24, 2.45) is 0 Å². The lowest BCUT2D eigenvalue weighted by atomic mass is 10.2. The molecule has 0 saturated carbocycles. The maximum Gasteiger partial charge on any atom is 0.160 e. The van der Waals surface area contributed by atoms with Crippen LogP contribution in [0.1, 0.15) is 36.8 Å². The quantitative estimate of drug-likeness (QED) is 0.752. The Morgan fingerprint density at radius 2 is 2.11 bits per heavy atom. The first kappa shape index (κ1) is 16.8. The molecule has 0 bridgehead atoms. The number of nitrogens with zero attached hydrogens (tertiary/aromatic N) is 5. The summed E-state index contributed by atoms with van der Waals surface area (Å²) in [6.45, 7) is 5.96. The van der Waals surface area contributed by atoms with Crippen molar-refractivity contribution < 1.29 is 4.42 Å². The van der Waals surface area contributed by atoms with E-state index >= 15 is 0 Å². The van der Waals surface area contributed by atoms with Crippen molar-refractivity contribution in [3.05, 3.63) is 48.3 Å². The van der Waals surface area contributed by atoms with Gasteiger partial charge in [-0.3, -0.25) is 9.58 Å². The summed E-state index contributed by atoms with van der Waals surface area (Å²) in [6, 6.07) is 6.48. The van der Waals surface area contributed by atoms with Crippen LogP contribution in [0.2, 0.25) is 0 Å². The Morgan fingerprint density at radius 3 is 2.96 bits per heavy atom. The lowest BCUT2D eigenvalue weighted by molar-refractivity contribution is 0.194. The Bertz CT molecular complexity index is 851. The van der Waals surface area contributed by atoms with Crippen molar-refractivity contribution in [1.29, 1.82) is 0 Å². The van der Waals surface area contributed by atoms with Crippen LogP contribution in [0, 0.1) is 0 Å². The highest BCUT2D eigenvalue weighted by Gasteiger charge is 2.27. The van der Waals surface area contributed by atoms with Crippen LogP contribution in [0.15, 0.2) is 41.3 Å². The maximum atomic E-state index is 5.78. The van der Waals surface area contributed by atoms with Crippen LogP contribution in [-0.2, 0) is 19.6 Å². The molecule has 142 valence electrons. The zero-order valence-corrected chi connectivity index (χ0v) is 15.5. The van der Waals surface area contributed by atoms with E-state index in [0.717, 1.165) is 63.0 Å². The molecule has 5 heterocycles. The fraction of sp³-hybridized carbons (Fsp3) is 0.500. The number of rotatable bonds is 5. The molecule has 27 heavy (non-hydrogen) atoms. The van der Waals surface area contributed by atoms with E-state index in [1.54, 1.807) is 6.26 Å². The van der Waals surface area contributed by atoms with Gasteiger partial charge in [0.25, 0.3) is 0 Å². The zero-order chi connectivity index (χ0) is 18.1. The Hall–Kier alpha value is -2.38. The van der Waals surface area contributed by atoms with E-state index in [-0.39, 0.29) is 6.04 Å². The van der Waals surface area contributed by atoms with Crippen molar-refractivity contribution in [2.75, 3.05) is 19.6 Å². The fourth-order valence-corrected chi connectivity index (χ4v) is 4.27. The van der Waals surface area contributed by atoms with E-state index in [0.29, 0.717) is 0 Å². The molecule has 1 fully saturated rings. The summed E-state index contributed by atoms with van der Waals surface area (Å²) in [5.41, 5.74) is 2.19. The van der Waals surface area contributed by atoms with Gasteiger partial charge in [0.15, 0.2) is 5.82 Å². The summed E-state index contributed by atoms with van der Waals surface area (Å²) in [7, 11) is 0. The van der Waals surface area contributed by atoms with Crippen molar-refractivity contribution in [3.63, 3.8) is 0 Å². The Labute approximate surface area is 159 Å². The SMILES string of the molecule is c1coc([C@H](Cn2ccnc2-c2cc3n(n2)CCCNC3)N2CCCC2)c1. The van der Waals surface area contributed by atoms with Gasteiger partial charge >= 0.3 is 0 Å². The molecule has 2 aliphatic heterocycles. The molecule has 7 heteroatoms. The largest absolute Gasteiger partial charge is 0.468 e. The molecule has 0 amide bonds. The number of furan rings is 1. The molecule has 1 saturated heterocycles. The van der Waals surface area contributed by atoms with Gasteiger partial charge in [0.2, 0.25) is 0 Å². The highest BCUT2D eigenvalue weighted by molar-refractivity contribution is 5.50. The lowest BCUT2D eigenvalue weighted by Gasteiger charge is -2.26. The van der Waals surface area contributed by atoms with E-state index in [9.17, 15) is 0 Å². The molecule has 0 aliphatic carbocycles. The second-order valence-electron chi connectivity index (χ2n) is 7.45. The van der Waals surface area contributed by atoms with Crippen LogP contribution >= 0.6 is 0 Å². The Balaban J connectivity index is 1.44. The van der Waals surface area contributed by atoms with Crippen LogP contribution in [0.25, 0.3) is 11.5 Å². The summed E-state index contributed by atoms with van der Waals surface area (Å²) >= 11 is 0. The highest BCUT2D eigenvalue weighted by Crippen LogP contribution is 2.29. The van der Waals surface area contributed by atoms with Crippen molar-refractivity contribution in [1.82, 2.24) is 29.5 Å². The van der Waals surface area contributed by atoms with Crippen molar-refractivity contribution in [2.45, 2.75) is 44.9 Å². The molecule has 2 aliphatic rings. The third-order valence-electron chi connectivity index (χ3n) is 5.66. The molecular formula is C20H26N6O. The third-order valence-corrected chi connectivity index (χ3v) is 5.66. The van der Waals surface area contributed by atoms with Gasteiger partial charge in [-0.05, 0) is 57.1 Å². The number of aryl methyl sites for hydroxylation is 1. The van der Waals surface area contributed by atoms with Crippen LogP contribution < -0.4 is 5.32 Å². The highest BCUT2D eigenvalue weighted by atomic mass is 16.3. The first-order valence-electron chi connectivity index (χ1n) is 9.95. The fourth-order valence-electron chi connectivity index (χ4n) is 4.27. The van der Waals surface area contributed by atoms with Crippen LogP contribution in [-0.4, -0.2) is 43.9 Å². The summed E-state index contributed by atoms with van der Waals surface area (Å²) < 4.78 is 10.1. The minimum absolute atomic E-state index is 0.234. The smallest absolute Gasteiger partial charge is 0.160 e. The molecule has 1 atom stereocenters. The molecule has 3 aromatic rings. The summed E-state index contributed by atoms with van der Waals surface area (Å²) in [5.74, 6) is 1.97. The van der Waals surface area contributed by atoms with Gasteiger partial charge in [-0.2, -0.15) is 5.10 Å². The standard InChI is InChI=1S/C20H26N6O/c1-2-9-24(8-1)18(19-5-3-12-27-19)15-25-11-7-22-20(25)17-13-16-14-21-6-4-10-26(16)23-17/h3,5,7,11-13,18,21H,1-2,4,6,8-10,14-15H2/t18-/m0/s1. The minimum Gasteiger partial charge on any atom is -0.468 e. The van der Waals surface area contributed by atoms with E-state index in [1.807, 2.05) is 12.3 Å². The average molecular weight is 366 g/mol. The van der Waals surface area contributed by atoms with Crippen LogP contribution in [0.4, 0.5) is 0 Å². The van der Waals surface area contributed by atoms with Crippen molar-refractivity contribution in [3.8, 4) is 11.5 Å². The maximum absolute atomic E-state index is 5.78. The molecule has 0 radical (unpaired) electrons. The van der Waals surface area contributed by atoms with Gasteiger partial charge < -0.3 is 14.3 Å². The zero-order valence-electron chi connectivity index (χ0n) is 15.5. The van der Waals surface area contributed by atoms with Gasteiger partial charge in [0.1, 0.15) is 11.5 Å². The van der Waals surface area contributed by atoms with Crippen LogP contribution in [0.5, 0.6) is 0 Å². The summed E-state index contributed by atoms with van der Waals surface area (Å²) in [6.07, 6.45) is 9.33. The first-order chi connectivity index (χ1) is 13.4. The second kappa shape index (κ2) is 7.32. The molecule has 5 rings (SSSR count). The molecule has 3 aromatic heterocycles. The number of nitrogens with one attached hydrogen (secondary N) is 1. The number of fused-ring (bicyclic) bond motifs is 1. The topological polar surface area (TPSA) is 64.0 Å². The summed E-state index contributed by atoms with van der Waals surface area (Å²) in [5, 5.41) is 8.30. The first-order valence-corrected chi connectivity index (χ1v) is 9.95. The van der Waals surface area contributed by atoms with Crippen LogP contribution in [0.3, 0.4) is 0 Å². The van der Waals surface area contributed by atoms with Gasteiger partial charge in [-0.25, -0.2) is 4.98 Å². The molecule has 0 unspecified atom stereocenters. The Kier molecular flexibility index (Phi) is 4.55. The van der Waals surface area contributed by atoms with Gasteiger partial charge in [-0.15, -0.1) is 0 Å². The van der Waals surface area contributed by atoms with E-state index < -0.39 is 0 Å². The van der Waals surface area contributed by atoms with E-state index in [4.69, 9.17) is 9.52 Å². The van der Waals surface area contributed by atoms with Crippen molar-refractivity contribution >= 4 is 0 Å². The molecule has 7 nitrogen and oxygen atoms in total. The molecule has 0 aromatic carbocycles. The lowest BCUT2D eigenvalue weighted by Crippen LogP contribution is -2.29. The van der Waals surface area contributed by atoms with Gasteiger partial charge in [0, 0.05) is 32.0 Å². The van der Waals surface area contributed by atoms with Gasteiger partial charge in [0.05, 0.1) is 18.0 Å².